The Morgan fingerprint density at radius 3 is 2.67 bits per heavy atom. The number of aryl methyl sites for hydroxylation is 1. The molecule has 126 valence electrons. The Labute approximate surface area is 141 Å². The molecule has 0 saturated heterocycles. The van der Waals surface area contributed by atoms with Crippen molar-refractivity contribution in [3.63, 3.8) is 0 Å². The van der Waals surface area contributed by atoms with Gasteiger partial charge in [0.15, 0.2) is 0 Å². The van der Waals surface area contributed by atoms with Crippen LogP contribution in [0.3, 0.4) is 0 Å². The van der Waals surface area contributed by atoms with Crippen LogP contribution in [0.5, 0.6) is 0 Å². The average Bonchev–Trinajstić information content (AvgIpc) is 2.60. The molecule has 1 heterocycles. The summed E-state index contributed by atoms with van der Waals surface area (Å²) < 4.78 is 5.09. The van der Waals surface area contributed by atoms with Gasteiger partial charge in [-0.25, -0.2) is 9.78 Å². The number of nitrogens with zero attached hydrogens (tertiary/aromatic N) is 1. The van der Waals surface area contributed by atoms with E-state index in [0.717, 1.165) is 11.1 Å². The SMILES string of the molecule is Cc1cccnc1NC(=O)CCCNC(=O)OCc1ccccc1. The number of nitrogens with one attached hydrogen (secondary N) is 2. The fourth-order valence-electron chi connectivity index (χ4n) is 2.02. The third-order valence-electron chi connectivity index (χ3n) is 3.33. The van der Waals surface area contributed by atoms with E-state index in [1.165, 1.54) is 0 Å². The van der Waals surface area contributed by atoms with Gasteiger partial charge in [-0.3, -0.25) is 4.79 Å². The quantitative estimate of drug-likeness (QED) is 0.766. The molecule has 0 unspecified atom stereocenters. The van der Waals surface area contributed by atoms with E-state index in [1.54, 1.807) is 6.20 Å². The Morgan fingerprint density at radius 1 is 1.12 bits per heavy atom. The normalized spacial score (nSPS) is 10.0. The van der Waals surface area contributed by atoms with E-state index >= 15 is 0 Å². The standard InChI is InChI=1S/C18H21N3O3/c1-14-7-5-11-19-17(14)21-16(22)10-6-12-20-18(23)24-13-15-8-3-2-4-9-15/h2-5,7-9,11H,6,10,12-13H2,1H3,(H,20,23)(H,19,21,22). The van der Waals surface area contributed by atoms with Crippen molar-refractivity contribution in [3.05, 3.63) is 59.8 Å². The van der Waals surface area contributed by atoms with Gasteiger partial charge in [-0.05, 0) is 30.5 Å². The lowest BCUT2D eigenvalue weighted by Crippen LogP contribution is -2.26. The third kappa shape index (κ3) is 6.08. The summed E-state index contributed by atoms with van der Waals surface area (Å²) in [5, 5.41) is 5.38. The number of hydrogen-bond donors (Lipinski definition) is 2. The first-order valence-electron chi connectivity index (χ1n) is 7.81. The van der Waals surface area contributed by atoms with Crippen molar-refractivity contribution in [2.24, 2.45) is 0 Å². The first kappa shape index (κ1) is 17.5. The maximum absolute atomic E-state index is 11.8. The number of rotatable bonds is 7. The number of carbonyl (C=O) groups is 2. The molecule has 2 N–H and O–H groups in total. The fraction of sp³-hybridized carbons (Fsp3) is 0.278. The molecule has 0 aliphatic carbocycles. The zero-order valence-corrected chi connectivity index (χ0v) is 13.6. The van der Waals surface area contributed by atoms with Gasteiger partial charge in [0.05, 0.1) is 0 Å². The first-order valence-corrected chi connectivity index (χ1v) is 7.81. The highest BCUT2D eigenvalue weighted by Gasteiger charge is 2.06. The minimum absolute atomic E-state index is 0.128. The number of benzene rings is 1. The highest BCUT2D eigenvalue weighted by atomic mass is 16.5. The second-order valence-electron chi connectivity index (χ2n) is 5.31. The van der Waals surface area contributed by atoms with Crippen molar-refractivity contribution >= 4 is 17.8 Å². The molecule has 2 amide bonds. The molecule has 0 radical (unpaired) electrons. The number of alkyl carbamates (subject to hydrolysis) is 1. The molecule has 24 heavy (non-hydrogen) atoms. The average molecular weight is 327 g/mol. The molecule has 2 rings (SSSR count). The Kier molecular flexibility index (Phi) is 6.76. The number of hydrogen-bond acceptors (Lipinski definition) is 4. The molecule has 1 aromatic carbocycles. The van der Waals surface area contributed by atoms with Gasteiger partial charge in [0.1, 0.15) is 12.4 Å². The van der Waals surface area contributed by atoms with Crippen LogP contribution in [0.4, 0.5) is 10.6 Å². The molecule has 0 spiro atoms. The minimum Gasteiger partial charge on any atom is -0.445 e. The number of carbonyl (C=O) groups excluding carboxylic acids is 2. The summed E-state index contributed by atoms with van der Waals surface area (Å²) >= 11 is 0. The van der Waals surface area contributed by atoms with Gasteiger partial charge in [-0.1, -0.05) is 36.4 Å². The number of amides is 2. The van der Waals surface area contributed by atoms with Gasteiger partial charge < -0.3 is 15.4 Å². The second kappa shape index (κ2) is 9.29. The monoisotopic (exact) mass is 327 g/mol. The second-order valence-corrected chi connectivity index (χ2v) is 5.31. The number of pyridine rings is 1. The minimum atomic E-state index is -0.486. The Hall–Kier alpha value is -2.89. The van der Waals surface area contributed by atoms with Crippen LogP contribution in [0.25, 0.3) is 0 Å². The molecule has 6 nitrogen and oxygen atoms in total. The molecular formula is C18H21N3O3. The van der Waals surface area contributed by atoms with E-state index in [1.807, 2.05) is 49.4 Å². The van der Waals surface area contributed by atoms with Crippen molar-refractivity contribution in [1.82, 2.24) is 10.3 Å². The molecule has 0 saturated carbocycles. The Balaban J connectivity index is 1.59. The predicted octanol–water partition coefficient (Wildman–Crippen LogP) is 3.04. The lowest BCUT2D eigenvalue weighted by molar-refractivity contribution is -0.116. The Morgan fingerprint density at radius 2 is 1.92 bits per heavy atom. The first-order chi connectivity index (χ1) is 11.6. The van der Waals surface area contributed by atoms with Crippen LogP contribution in [0, 0.1) is 6.92 Å². The van der Waals surface area contributed by atoms with Crippen LogP contribution in [0.2, 0.25) is 0 Å². The summed E-state index contributed by atoms with van der Waals surface area (Å²) in [6.07, 6.45) is 1.97. The van der Waals surface area contributed by atoms with Crippen LogP contribution in [0.15, 0.2) is 48.7 Å². The summed E-state index contributed by atoms with van der Waals surface area (Å²) in [6.45, 7) is 2.49. The van der Waals surface area contributed by atoms with Crippen molar-refractivity contribution in [2.45, 2.75) is 26.4 Å². The largest absolute Gasteiger partial charge is 0.445 e. The lowest BCUT2D eigenvalue weighted by atomic mass is 10.2. The molecule has 2 aromatic rings. The van der Waals surface area contributed by atoms with E-state index in [9.17, 15) is 9.59 Å². The van der Waals surface area contributed by atoms with E-state index < -0.39 is 6.09 Å². The molecular weight excluding hydrogens is 306 g/mol. The maximum Gasteiger partial charge on any atom is 0.407 e. The molecule has 6 heteroatoms. The summed E-state index contributed by atoms with van der Waals surface area (Å²) in [5.41, 5.74) is 1.84. The highest BCUT2D eigenvalue weighted by Crippen LogP contribution is 2.09. The zero-order valence-electron chi connectivity index (χ0n) is 13.6. The Bertz CT molecular complexity index is 674. The van der Waals surface area contributed by atoms with Crippen molar-refractivity contribution in [2.75, 3.05) is 11.9 Å². The maximum atomic E-state index is 11.8. The molecule has 1 aromatic heterocycles. The zero-order chi connectivity index (χ0) is 17.2. The lowest BCUT2D eigenvalue weighted by Gasteiger charge is -2.08. The summed E-state index contributed by atoms with van der Waals surface area (Å²) in [4.78, 5) is 27.5. The third-order valence-corrected chi connectivity index (χ3v) is 3.33. The van der Waals surface area contributed by atoms with Crippen molar-refractivity contribution in [3.8, 4) is 0 Å². The van der Waals surface area contributed by atoms with Crippen LogP contribution in [-0.2, 0) is 16.1 Å². The van der Waals surface area contributed by atoms with Gasteiger partial charge >= 0.3 is 6.09 Å². The smallest absolute Gasteiger partial charge is 0.407 e. The van der Waals surface area contributed by atoms with Crippen LogP contribution in [0.1, 0.15) is 24.0 Å². The van der Waals surface area contributed by atoms with Gasteiger partial charge in [-0.2, -0.15) is 0 Å². The molecule has 0 aliphatic rings. The number of aromatic nitrogens is 1. The number of anilines is 1. The van der Waals surface area contributed by atoms with E-state index in [-0.39, 0.29) is 12.5 Å². The summed E-state index contributed by atoms with van der Waals surface area (Å²) in [5.74, 6) is 0.439. The predicted molar refractivity (Wildman–Crippen MR) is 91.5 cm³/mol. The van der Waals surface area contributed by atoms with Crippen LogP contribution >= 0.6 is 0 Å². The van der Waals surface area contributed by atoms with Gasteiger partial charge in [-0.15, -0.1) is 0 Å². The van der Waals surface area contributed by atoms with Gasteiger partial charge in [0, 0.05) is 19.2 Å². The number of ether oxygens (including phenoxy) is 1. The summed E-state index contributed by atoms with van der Waals surface area (Å²) in [7, 11) is 0. The van der Waals surface area contributed by atoms with Crippen LogP contribution in [-0.4, -0.2) is 23.5 Å². The highest BCUT2D eigenvalue weighted by molar-refractivity contribution is 5.90. The van der Waals surface area contributed by atoms with E-state index in [4.69, 9.17) is 4.74 Å². The molecule has 0 fully saturated rings. The van der Waals surface area contributed by atoms with E-state index in [2.05, 4.69) is 15.6 Å². The summed E-state index contributed by atoms with van der Waals surface area (Å²) in [6, 6.07) is 13.1. The van der Waals surface area contributed by atoms with Gasteiger partial charge in [0.25, 0.3) is 0 Å². The molecule has 0 atom stereocenters. The fourth-order valence-corrected chi connectivity index (χ4v) is 2.02. The molecule has 0 aliphatic heterocycles. The van der Waals surface area contributed by atoms with Crippen molar-refractivity contribution < 1.29 is 14.3 Å². The molecule has 0 bridgehead atoms. The topological polar surface area (TPSA) is 80.3 Å². The van der Waals surface area contributed by atoms with Gasteiger partial charge in [0.2, 0.25) is 5.91 Å². The van der Waals surface area contributed by atoms with E-state index in [0.29, 0.717) is 25.2 Å². The van der Waals surface area contributed by atoms with Crippen LogP contribution < -0.4 is 10.6 Å². The van der Waals surface area contributed by atoms with Crippen molar-refractivity contribution in [1.29, 1.82) is 0 Å².